The van der Waals surface area contributed by atoms with Crippen molar-refractivity contribution in [2.24, 2.45) is 0 Å². The topological polar surface area (TPSA) is 37.8 Å². The van der Waals surface area contributed by atoms with E-state index in [0.717, 1.165) is 26.8 Å². The highest BCUT2D eigenvalue weighted by Gasteiger charge is 2.12. The lowest BCUT2D eigenvalue weighted by atomic mass is 10.3. The van der Waals surface area contributed by atoms with Gasteiger partial charge in [0.1, 0.15) is 10.6 Å². The van der Waals surface area contributed by atoms with Crippen LogP contribution >= 0.6 is 50.5 Å². The zero-order chi connectivity index (χ0) is 15.0. The number of hydrogen-bond donors (Lipinski definition) is 1. The van der Waals surface area contributed by atoms with Crippen molar-refractivity contribution >= 4 is 72.2 Å². The maximum atomic E-state index is 6.24. The number of nitrogens with zero attached hydrogens (tertiary/aromatic N) is 2. The third-order valence-corrected chi connectivity index (χ3v) is 5.10. The number of anilines is 2. The second-order valence-electron chi connectivity index (χ2n) is 4.38. The van der Waals surface area contributed by atoms with Crippen LogP contribution in [0.2, 0.25) is 10.3 Å². The highest BCUT2D eigenvalue weighted by atomic mass is 79.9. The van der Waals surface area contributed by atoms with Gasteiger partial charge in [-0.2, -0.15) is 4.98 Å². The van der Waals surface area contributed by atoms with Gasteiger partial charge in [-0.3, -0.25) is 0 Å². The SMILES string of the molecule is CCc1cc2c(Nc3ccc(Br)cc3Cl)nc(Cl)nc2s1. The molecule has 0 bridgehead atoms. The van der Waals surface area contributed by atoms with Crippen molar-refractivity contribution in [1.29, 1.82) is 0 Å². The maximum Gasteiger partial charge on any atom is 0.225 e. The van der Waals surface area contributed by atoms with Gasteiger partial charge in [0, 0.05) is 9.35 Å². The lowest BCUT2D eigenvalue weighted by Crippen LogP contribution is -1.96. The van der Waals surface area contributed by atoms with Crippen LogP contribution in [0.4, 0.5) is 11.5 Å². The molecule has 7 heteroatoms. The molecule has 1 aromatic carbocycles. The van der Waals surface area contributed by atoms with Gasteiger partial charge in [0.05, 0.1) is 16.1 Å². The van der Waals surface area contributed by atoms with Gasteiger partial charge in [-0.1, -0.05) is 34.5 Å². The van der Waals surface area contributed by atoms with Crippen LogP contribution in [0.5, 0.6) is 0 Å². The maximum absolute atomic E-state index is 6.24. The predicted octanol–water partition coefficient (Wildman–Crippen LogP) is 6.07. The second-order valence-corrected chi connectivity index (χ2v) is 7.15. The molecule has 1 N–H and O–H groups in total. The molecule has 21 heavy (non-hydrogen) atoms. The number of aryl methyl sites for hydroxylation is 1. The molecule has 0 unspecified atom stereocenters. The Morgan fingerprint density at radius 1 is 1.24 bits per heavy atom. The number of benzene rings is 1. The molecule has 0 aliphatic carbocycles. The van der Waals surface area contributed by atoms with Gasteiger partial charge >= 0.3 is 0 Å². The van der Waals surface area contributed by atoms with Crippen LogP contribution in [-0.2, 0) is 6.42 Å². The van der Waals surface area contributed by atoms with E-state index < -0.39 is 0 Å². The Kier molecular flexibility index (Phi) is 4.36. The molecule has 0 fully saturated rings. The standard InChI is InChI=1S/C14H10BrCl2N3S/c1-2-8-6-9-12(19-14(17)20-13(9)21-8)18-11-4-3-7(15)5-10(11)16/h3-6H,2H2,1H3,(H,18,19,20). The van der Waals surface area contributed by atoms with Crippen molar-refractivity contribution in [3.8, 4) is 0 Å². The van der Waals surface area contributed by atoms with Crippen LogP contribution in [0.1, 0.15) is 11.8 Å². The van der Waals surface area contributed by atoms with E-state index in [1.165, 1.54) is 4.88 Å². The lowest BCUT2D eigenvalue weighted by Gasteiger charge is -2.09. The van der Waals surface area contributed by atoms with Crippen LogP contribution < -0.4 is 5.32 Å². The summed E-state index contributed by atoms with van der Waals surface area (Å²) in [7, 11) is 0. The van der Waals surface area contributed by atoms with Gasteiger partial charge in [0.25, 0.3) is 0 Å². The highest BCUT2D eigenvalue weighted by molar-refractivity contribution is 9.10. The average molecular weight is 403 g/mol. The molecule has 3 rings (SSSR count). The highest BCUT2D eigenvalue weighted by Crippen LogP contribution is 2.34. The third-order valence-electron chi connectivity index (χ3n) is 2.95. The minimum Gasteiger partial charge on any atom is -0.338 e. The smallest absolute Gasteiger partial charge is 0.225 e. The van der Waals surface area contributed by atoms with Crippen LogP contribution in [0.3, 0.4) is 0 Å². The number of fused-ring (bicyclic) bond motifs is 1. The van der Waals surface area contributed by atoms with E-state index in [0.29, 0.717) is 10.8 Å². The molecule has 2 aromatic heterocycles. The Hall–Kier alpha value is -0.880. The number of aromatic nitrogens is 2. The van der Waals surface area contributed by atoms with E-state index in [4.69, 9.17) is 23.2 Å². The molecule has 0 saturated heterocycles. The molecule has 3 aromatic rings. The Labute approximate surface area is 144 Å². The number of nitrogens with one attached hydrogen (secondary N) is 1. The van der Waals surface area contributed by atoms with Crippen LogP contribution in [0, 0.1) is 0 Å². The fourth-order valence-corrected chi connectivity index (χ4v) is 3.84. The molecule has 108 valence electrons. The molecule has 0 atom stereocenters. The number of rotatable bonds is 3. The fourth-order valence-electron chi connectivity index (χ4n) is 1.93. The Morgan fingerprint density at radius 3 is 2.76 bits per heavy atom. The Bertz CT molecular complexity index is 819. The van der Waals surface area contributed by atoms with E-state index in [9.17, 15) is 0 Å². The van der Waals surface area contributed by atoms with Crippen molar-refractivity contribution in [1.82, 2.24) is 9.97 Å². The van der Waals surface area contributed by atoms with E-state index in [1.54, 1.807) is 11.3 Å². The minimum absolute atomic E-state index is 0.225. The van der Waals surface area contributed by atoms with E-state index in [1.807, 2.05) is 18.2 Å². The molecule has 0 amide bonds. The molecule has 0 aliphatic heterocycles. The van der Waals surface area contributed by atoms with Crippen molar-refractivity contribution in [2.75, 3.05) is 5.32 Å². The summed E-state index contributed by atoms with van der Waals surface area (Å²) in [5, 5.41) is 5.03. The van der Waals surface area contributed by atoms with Crippen LogP contribution in [-0.4, -0.2) is 9.97 Å². The average Bonchev–Trinajstić information content (AvgIpc) is 2.85. The summed E-state index contributed by atoms with van der Waals surface area (Å²) >= 11 is 17.3. The third kappa shape index (κ3) is 3.16. The van der Waals surface area contributed by atoms with Gasteiger partial charge in [-0.25, -0.2) is 4.98 Å². The van der Waals surface area contributed by atoms with Gasteiger partial charge < -0.3 is 5.32 Å². The van der Waals surface area contributed by atoms with Gasteiger partial charge in [-0.05, 0) is 42.3 Å². The molecular weight excluding hydrogens is 393 g/mol. The predicted molar refractivity (Wildman–Crippen MR) is 94.2 cm³/mol. The largest absolute Gasteiger partial charge is 0.338 e. The zero-order valence-electron chi connectivity index (χ0n) is 11.0. The number of thiophene rings is 1. The fraction of sp³-hybridized carbons (Fsp3) is 0.143. The quantitative estimate of drug-likeness (QED) is 0.540. The van der Waals surface area contributed by atoms with Gasteiger partial charge in [0.2, 0.25) is 5.28 Å². The molecule has 3 nitrogen and oxygen atoms in total. The molecule has 0 radical (unpaired) electrons. The summed E-state index contributed by atoms with van der Waals surface area (Å²) in [5.41, 5.74) is 0.778. The summed E-state index contributed by atoms with van der Waals surface area (Å²) in [6.07, 6.45) is 0.955. The first-order valence-electron chi connectivity index (χ1n) is 6.25. The van der Waals surface area contributed by atoms with Crippen LogP contribution in [0.25, 0.3) is 10.2 Å². The molecular formula is C14H10BrCl2N3S. The van der Waals surface area contributed by atoms with E-state index in [-0.39, 0.29) is 5.28 Å². The summed E-state index contributed by atoms with van der Waals surface area (Å²) in [4.78, 5) is 10.7. The summed E-state index contributed by atoms with van der Waals surface area (Å²) in [6, 6.07) is 7.72. The van der Waals surface area contributed by atoms with E-state index >= 15 is 0 Å². The minimum atomic E-state index is 0.225. The van der Waals surface area contributed by atoms with Crippen molar-refractivity contribution in [3.63, 3.8) is 0 Å². The number of hydrogen-bond acceptors (Lipinski definition) is 4. The Morgan fingerprint density at radius 2 is 2.05 bits per heavy atom. The number of halogens is 3. The summed E-state index contributed by atoms with van der Waals surface area (Å²) in [6.45, 7) is 2.11. The van der Waals surface area contributed by atoms with Gasteiger partial charge in [-0.15, -0.1) is 11.3 Å². The Balaban J connectivity index is 2.08. The summed E-state index contributed by atoms with van der Waals surface area (Å²) < 4.78 is 0.924. The van der Waals surface area contributed by atoms with Crippen molar-refractivity contribution in [3.05, 3.63) is 43.9 Å². The lowest BCUT2D eigenvalue weighted by molar-refractivity contribution is 1.19. The normalized spacial score (nSPS) is 11.0. The molecule has 2 heterocycles. The van der Waals surface area contributed by atoms with Crippen LogP contribution in [0.15, 0.2) is 28.7 Å². The van der Waals surface area contributed by atoms with Crippen molar-refractivity contribution in [2.45, 2.75) is 13.3 Å². The summed E-state index contributed by atoms with van der Waals surface area (Å²) in [5.74, 6) is 0.671. The molecule has 0 aliphatic rings. The first kappa shape index (κ1) is 15.0. The van der Waals surface area contributed by atoms with Crippen molar-refractivity contribution < 1.29 is 0 Å². The second kappa shape index (κ2) is 6.08. The zero-order valence-corrected chi connectivity index (χ0v) is 14.9. The first-order valence-corrected chi connectivity index (χ1v) is 8.61. The van der Waals surface area contributed by atoms with E-state index in [2.05, 4.69) is 44.2 Å². The monoisotopic (exact) mass is 401 g/mol. The molecule has 0 spiro atoms. The molecule has 0 saturated carbocycles. The van der Waals surface area contributed by atoms with Gasteiger partial charge in [0.15, 0.2) is 0 Å². The first-order chi connectivity index (χ1) is 10.1.